The van der Waals surface area contributed by atoms with Gasteiger partial charge in [-0.05, 0) is 98.9 Å². The number of benzene rings is 3. The van der Waals surface area contributed by atoms with Crippen molar-refractivity contribution in [3.05, 3.63) is 103 Å². The summed E-state index contributed by atoms with van der Waals surface area (Å²) in [4.78, 5) is 0. The number of aryl methyl sites for hydroxylation is 3. The third kappa shape index (κ3) is 10.5. The normalized spacial score (nSPS) is 12.9. The van der Waals surface area contributed by atoms with E-state index in [2.05, 4.69) is 103 Å². The van der Waals surface area contributed by atoms with Gasteiger partial charge in [0.2, 0.25) is 0 Å². The van der Waals surface area contributed by atoms with Crippen LogP contribution in [-0.4, -0.2) is 24.1 Å². The second-order valence-electron chi connectivity index (χ2n) is 14.3. The van der Waals surface area contributed by atoms with Crippen molar-refractivity contribution < 1.29 is 4.48 Å². The molecule has 260 valence electrons. The van der Waals surface area contributed by atoms with Crippen molar-refractivity contribution in [2.24, 2.45) is 0 Å². The predicted octanol–water partition coefficient (Wildman–Crippen LogP) is 14.6. The predicted molar refractivity (Wildman–Crippen MR) is 210 cm³/mol. The van der Waals surface area contributed by atoms with Crippen molar-refractivity contribution in [2.45, 2.75) is 143 Å². The molecular weight excluding hydrogens is 637 g/mol. The van der Waals surface area contributed by atoms with Gasteiger partial charge in [0.05, 0.1) is 19.6 Å². The molecular formula is C43H63Cl3N+. The van der Waals surface area contributed by atoms with E-state index in [-0.39, 0.29) is 5.41 Å². The fourth-order valence-electron chi connectivity index (χ4n) is 7.68. The van der Waals surface area contributed by atoms with Crippen LogP contribution in [0.5, 0.6) is 0 Å². The Kier molecular flexibility index (Phi) is 16.7. The third-order valence-electron chi connectivity index (χ3n) is 10.9. The molecule has 0 saturated heterocycles. The first-order valence-corrected chi connectivity index (χ1v) is 19.9. The summed E-state index contributed by atoms with van der Waals surface area (Å²) in [5.41, 5.74) is 7.23. The molecule has 0 bridgehead atoms. The van der Waals surface area contributed by atoms with Gasteiger partial charge in [0.25, 0.3) is 0 Å². The second-order valence-corrected chi connectivity index (χ2v) is 15.6. The van der Waals surface area contributed by atoms with Gasteiger partial charge in [-0.1, -0.05) is 144 Å². The van der Waals surface area contributed by atoms with Gasteiger partial charge in [0.1, 0.15) is 6.04 Å². The standard InChI is InChI=1S/C43H63Cl3N/c1-8-12-16-17-25-43(37-22-19-34(6)40(45)31-37,38-23-20-35(7)41(46)32-38)26-24-42(36-21-18-33(5)39(44)30-36)47(27-13-9-2,28-14-10-3)29-15-11-4/h18-23,30-32,42H,8-17,24-29H2,1-7H3/q+1. The van der Waals surface area contributed by atoms with Crippen LogP contribution in [0.25, 0.3) is 0 Å². The Balaban J connectivity index is 2.29. The second kappa shape index (κ2) is 19.6. The number of hydrogen-bond donors (Lipinski definition) is 0. The average molecular weight is 700 g/mol. The summed E-state index contributed by atoms with van der Waals surface area (Å²) < 4.78 is 1.14. The van der Waals surface area contributed by atoms with Gasteiger partial charge in [-0.25, -0.2) is 0 Å². The lowest BCUT2D eigenvalue weighted by Crippen LogP contribution is -2.53. The summed E-state index contributed by atoms with van der Waals surface area (Å²) >= 11 is 20.8. The summed E-state index contributed by atoms with van der Waals surface area (Å²) in [5.74, 6) is 0. The zero-order valence-corrected chi connectivity index (χ0v) is 32.9. The van der Waals surface area contributed by atoms with E-state index in [1.54, 1.807) is 0 Å². The highest BCUT2D eigenvalue weighted by molar-refractivity contribution is 6.32. The molecule has 0 aliphatic rings. The highest BCUT2D eigenvalue weighted by Crippen LogP contribution is 2.47. The van der Waals surface area contributed by atoms with Gasteiger partial charge in [-0.15, -0.1) is 0 Å². The quantitative estimate of drug-likeness (QED) is 0.0767. The fourth-order valence-corrected chi connectivity index (χ4v) is 8.23. The van der Waals surface area contributed by atoms with Crippen LogP contribution in [0.3, 0.4) is 0 Å². The molecule has 0 amide bonds. The van der Waals surface area contributed by atoms with Crippen molar-refractivity contribution in [3.8, 4) is 0 Å². The molecule has 3 aromatic rings. The van der Waals surface area contributed by atoms with Crippen LogP contribution in [0.4, 0.5) is 0 Å². The van der Waals surface area contributed by atoms with E-state index in [4.69, 9.17) is 34.8 Å². The number of nitrogens with zero attached hydrogens (tertiary/aromatic N) is 1. The Morgan fingerprint density at radius 3 is 1.40 bits per heavy atom. The molecule has 0 aromatic heterocycles. The van der Waals surface area contributed by atoms with E-state index >= 15 is 0 Å². The lowest BCUT2D eigenvalue weighted by atomic mass is 9.67. The number of halogens is 3. The van der Waals surface area contributed by atoms with E-state index in [0.717, 1.165) is 55.5 Å². The summed E-state index contributed by atoms with van der Waals surface area (Å²) in [6.07, 6.45) is 15.4. The molecule has 0 aliphatic heterocycles. The molecule has 0 radical (unpaired) electrons. The number of quaternary nitrogens is 1. The van der Waals surface area contributed by atoms with E-state index in [9.17, 15) is 0 Å². The first-order valence-electron chi connectivity index (χ1n) is 18.7. The summed E-state index contributed by atoms with van der Waals surface area (Å²) in [6.45, 7) is 19.3. The zero-order chi connectivity index (χ0) is 34.5. The van der Waals surface area contributed by atoms with Gasteiger partial charge in [0.15, 0.2) is 0 Å². The molecule has 47 heavy (non-hydrogen) atoms. The van der Waals surface area contributed by atoms with E-state index < -0.39 is 0 Å². The van der Waals surface area contributed by atoms with Gasteiger partial charge >= 0.3 is 0 Å². The van der Waals surface area contributed by atoms with Crippen molar-refractivity contribution in [3.63, 3.8) is 0 Å². The molecule has 3 rings (SSSR count). The average Bonchev–Trinajstić information content (AvgIpc) is 3.06. The minimum Gasteiger partial charge on any atom is -0.317 e. The molecule has 4 heteroatoms. The largest absolute Gasteiger partial charge is 0.317 e. The van der Waals surface area contributed by atoms with Gasteiger partial charge < -0.3 is 4.48 Å². The SMILES string of the molecule is CCCCCCC(CCC(c1ccc(C)c(Cl)c1)[N+](CCCC)(CCCC)CCCC)(c1ccc(C)c(Cl)c1)c1ccc(C)c(Cl)c1. The maximum atomic E-state index is 6.94. The summed E-state index contributed by atoms with van der Waals surface area (Å²) in [7, 11) is 0. The highest BCUT2D eigenvalue weighted by atomic mass is 35.5. The number of hydrogen-bond acceptors (Lipinski definition) is 0. The lowest BCUT2D eigenvalue weighted by Gasteiger charge is -2.47. The van der Waals surface area contributed by atoms with Crippen molar-refractivity contribution in [1.82, 2.24) is 0 Å². The van der Waals surface area contributed by atoms with Crippen LogP contribution in [0.2, 0.25) is 15.1 Å². The molecule has 0 saturated carbocycles. The van der Waals surface area contributed by atoms with E-state index in [1.807, 2.05) is 0 Å². The number of rotatable bonds is 21. The van der Waals surface area contributed by atoms with Crippen molar-refractivity contribution in [2.75, 3.05) is 19.6 Å². The molecule has 0 fully saturated rings. The molecule has 1 atom stereocenters. The van der Waals surface area contributed by atoms with Crippen LogP contribution >= 0.6 is 34.8 Å². The minimum atomic E-state index is -0.203. The molecule has 0 spiro atoms. The van der Waals surface area contributed by atoms with Gasteiger partial charge in [-0.2, -0.15) is 0 Å². The molecule has 3 aromatic carbocycles. The Morgan fingerprint density at radius 2 is 0.979 bits per heavy atom. The third-order valence-corrected chi connectivity index (χ3v) is 12.1. The Bertz CT molecular complexity index is 1310. The van der Waals surface area contributed by atoms with Crippen molar-refractivity contribution in [1.29, 1.82) is 0 Å². The van der Waals surface area contributed by atoms with Gasteiger partial charge in [0, 0.05) is 32.5 Å². The summed E-state index contributed by atoms with van der Waals surface area (Å²) in [6, 6.07) is 20.9. The smallest absolute Gasteiger partial charge is 0.115 e. The number of unbranched alkanes of at least 4 members (excludes halogenated alkanes) is 6. The Labute approximate surface area is 304 Å². The summed E-state index contributed by atoms with van der Waals surface area (Å²) in [5, 5.41) is 2.58. The minimum absolute atomic E-state index is 0.203. The molecule has 0 aliphatic carbocycles. The maximum Gasteiger partial charge on any atom is 0.115 e. The monoisotopic (exact) mass is 698 g/mol. The maximum absolute atomic E-state index is 6.94. The van der Waals surface area contributed by atoms with Crippen LogP contribution < -0.4 is 0 Å². The molecule has 0 N–H and O–H groups in total. The first-order chi connectivity index (χ1) is 22.6. The van der Waals surface area contributed by atoms with Gasteiger partial charge in [-0.3, -0.25) is 0 Å². The molecule has 1 nitrogen and oxygen atoms in total. The zero-order valence-electron chi connectivity index (χ0n) is 30.7. The van der Waals surface area contributed by atoms with E-state index in [0.29, 0.717) is 6.04 Å². The van der Waals surface area contributed by atoms with E-state index in [1.165, 1.54) is 101 Å². The van der Waals surface area contributed by atoms with Crippen LogP contribution in [0.15, 0.2) is 54.6 Å². The van der Waals surface area contributed by atoms with Crippen LogP contribution in [0, 0.1) is 20.8 Å². The molecule has 0 heterocycles. The topological polar surface area (TPSA) is 0 Å². The lowest BCUT2D eigenvalue weighted by molar-refractivity contribution is -0.958. The van der Waals surface area contributed by atoms with Crippen molar-refractivity contribution >= 4 is 34.8 Å². The van der Waals surface area contributed by atoms with Crippen LogP contribution in [-0.2, 0) is 5.41 Å². The highest BCUT2D eigenvalue weighted by Gasteiger charge is 2.41. The van der Waals surface area contributed by atoms with Crippen LogP contribution in [0.1, 0.15) is 151 Å². The Hall–Kier alpha value is -1.51. The molecule has 1 unspecified atom stereocenters. The Morgan fingerprint density at radius 1 is 0.532 bits per heavy atom. The first kappa shape index (κ1) is 39.9. The fraction of sp³-hybridized carbons (Fsp3) is 0.581.